The Morgan fingerprint density at radius 3 is 2.50 bits per heavy atom. The summed E-state index contributed by atoms with van der Waals surface area (Å²) in [5.41, 5.74) is 0.486. The number of hydrogen-bond acceptors (Lipinski definition) is 3. The number of esters is 1. The Morgan fingerprint density at radius 1 is 1.30 bits per heavy atom. The van der Waals surface area contributed by atoms with Gasteiger partial charge in [-0.15, -0.1) is 6.58 Å². The molecule has 0 amide bonds. The van der Waals surface area contributed by atoms with Crippen LogP contribution in [0, 0.1) is 0 Å². The molecule has 0 unspecified atom stereocenters. The van der Waals surface area contributed by atoms with Crippen LogP contribution in [0.1, 0.15) is 32.4 Å². The fourth-order valence-electron chi connectivity index (χ4n) is 1.58. The van der Waals surface area contributed by atoms with Crippen LogP contribution in [-0.4, -0.2) is 18.2 Å². The monoisotopic (exact) mass is 274 g/mol. The quantitative estimate of drug-likeness (QED) is 0.449. The first-order valence-electron chi connectivity index (χ1n) is 6.61. The van der Waals surface area contributed by atoms with E-state index >= 15 is 0 Å². The zero-order chi connectivity index (χ0) is 15.0. The topological polar surface area (TPSA) is 35.5 Å². The van der Waals surface area contributed by atoms with E-state index in [1.807, 2.05) is 51.1 Å². The van der Waals surface area contributed by atoms with Crippen LogP contribution in [0.2, 0.25) is 0 Å². The Labute approximate surface area is 120 Å². The molecule has 0 heterocycles. The van der Waals surface area contributed by atoms with Crippen molar-refractivity contribution in [2.24, 2.45) is 0 Å². The number of benzene rings is 1. The summed E-state index contributed by atoms with van der Waals surface area (Å²) in [5, 5.41) is 0. The fourth-order valence-corrected chi connectivity index (χ4v) is 1.58. The summed E-state index contributed by atoms with van der Waals surface area (Å²) >= 11 is 0. The lowest BCUT2D eigenvalue weighted by Crippen LogP contribution is -2.22. The summed E-state index contributed by atoms with van der Waals surface area (Å²) in [6.45, 7) is 9.55. The lowest BCUT2D eigenvalue weighted by atomic mass is 10.1. The maximum absolute atomic E-state index is 11.7. The van der Waals surface area contributed by atoms with Gasteiger partial charge in [0.05, 0.1) is 6.61 Å². The van der Waals surface area contributed by atoms with Gasteiger partial charge in [-0.3, -0.25) is 0 Å². The van der Waals surface area contributed by atoms with Crippen molar-refractivity contribution in [1.29, 1.82) is 0 Å². The number of hydrogen-bond donors (Lipinski definition) is 0. The molecule has 0 aromatic heterocycles. The summed E-state index contributed by atoms with van der Waals surface area (Å²) < 4.78 is 10.9. The maximum atomic E-state index is 11.7. The second-order valence-corrected chi connectivity index (χ2v) is 5.35. The van der Waals surface area contributed by atoms with Gasteiger partial charge >= 0.3 is 5.97 Å². The van der Waals surface area contributed by atoms with E-state index in [1.165, 1.54) is 6.08 Å². The van der Waals surface area contributed by atoms with Crippen LogP contribution >= 0.6 is 0 Å². The van der Waals surface area contributed by atoms with Crippen molar-refractivity contribution in [1.82, 2.24) is 0 Å². The Kier molecular flexibility index (Phi) is 6.19. The van der Waals surface area contributed by atoms with E-state index in [1.54, 1.807) is 12.2 Å². The maximum Gasteiger partial charge on any atom is 0.331 e. The Balaban J connectivity index is 2.75. The third-order valence-corrected chi connectivity index (χ3v) is 2.34. The highest BCUT2D eigenvalue weighted by atomic mass is 16.6. The third-order valence-electron chi connectivity index (χ3n) is 2.34. The first kappa shape index (κ1) is 16.2. The molecule has 0 N–H and O–H groups in total. The molecule has 1 atom stereocenters. The summed E-state index contributed by atoms with van der Waals surface area (Å²) in [6.07, 6.45) is 4.50. The largest absolute Gasteiger partial charge is 0.457 e. The summed E-state index contributed by atoms with van der Waals surface area (Å²) in [6, 6.07) is 9.70. The van der Waals surface area contributed by atoms with Crippen LogP contribution in [0.15, 0.2) is 55.1 Å². The summed E-state index contributed by atoms with van der Waals surface area (Å²) in [7, 11) is 0. The SMILES string of the molecule is C=CCO[C@@H](/C=C/C(=O)OC(C)(C)C)c1ccccc1. The van der Waals surface area contributed by atoms with Gasteiger partial charge in [-0.05, 0) is 32.4 Å². The molecule has 108 valence electrons. The van der Waals surface area contributed by atoms with Crippen LogP contribution < -0.4 is 0 Å². The number of ether oxygens (including phenoxy) is 2. The van der Waals surface area contributed by atoms with Crippen molar-refractivity contribution in [3.8, 4) is 0 Å². The number of carbonyl (C=O) groups excluding carboxylic acids is 1. The zero-order valence-electron chi connectivity index (χ0n) is 12.3. The first-order valence-corrected chi connectivity index (χ1v) is 6.61. The van der Waals surface area contributed by atoms with Gasteiger partial charge in [0.1, 0.15) is 11.7 Å². The van der Waals surface area contributed by atoms with E-state index in [9.17, 15) is 4.79 Å². The Hall–Kier alpha value is -1.87. The second kappa shape index (κ2) is 7.65. The van der Waals surface area contributed by atoms with Crippen molar-refractivity contribution in [2.75, 3.05) is 6.61 Å². The second-order valence-electron chi connectivity index (χ2n) is 5.35. The summed E-state index contributed by atoms with van der Waals surface area (Å²) in [4.78, 5) is 11.7. The molecule has 0 saturated heterocycles. The van der Waals surface area contributed by atoms with Gasteiger partial charge in [-0.25, -0.2) is 4.79 Å². The van der Waals surface area contributed by atoms with Crippen molar-refractivity contribution in [2.45, 2.75) is 32.5 Å². The van der Waals surface area contributed by atoms with E-state index < -0.39 is 5.60 Å². The zero-order valence-corrected chi connectivity index (χ0v) is 12.3. The summed E-state index contributed by atoms with van der Waals surface area (Å²) in [5.74, 6) is -0.374. The molecule has 0 bridgehead atoms. The van der Waals surface area contributed by atoms with Crippen molar-refractivity contribution < 1.29 is 14.3 Å². The van der Waals surface area contributed by atoms with Crippen LogP contribution in [0.4, 0.5) is 0 Å². The van der Waals surface area contributed by atoms with Crippen LogP contribution in [0.3, 0.4) is 0 Å². The first-order chi connectivity index (χ1) is 9.42. The van der Waals surface area contributed by atoms with Gasteiger partial charge in [0.2, 0.25) is 0 Å². The van der Waals surface area contributed by atoms with Gasteiger partial charge in [0.25, 0.3) is 0 Å². The standard InChI is InChI=1S/C17H22O3/c1-5-13-19-15(14-9-7-6-8-10-14)11-12-16(18)20-17(2,3)4/h5-12,15H,1,13H2,2-4H3/b12-11+/t15-/m0/s1. The molecule has 3 heteroatoms. The molecule has 0 fully saturated rings. The van der Waals surface area contributed by atoms with E-state index in [4.69, 9.17) is 9.47 Å². The molecule has 0 aliphatic carbocycles. The van der Waals surface area contributed by atoms with Crippen LogP contribution in [0.5, 0.6) is 0 Å². The van der Waals surface area contributed by atoms with Crippen molar-refractivity contribution in [3.63, 3.8) is 0 Å². The minimum absolute atomic E-state index is 0.290. The van der Waals surface area contributed by atoms with Gasteiger partial charge in [-0.1, -0.05) is 36.4 Å². The molecule has 0 radical (unpaired) electrons. The van der Waals surface area contributed by atoms with E-state index in [0.717, 1.165) is 5.56 Å². The predicted octanol–water partition coefficient (Wildman–Crippen LogP) is 3.83. The van der Waals surface area contributed by atoms with Gasteiger partial charge in [0.15, 0.2) is 0 Å². The van der Waals surface area contributed by atoms with Crippen molar-refractivity contribution in [3.05, 3.63) is 60.7 Å². The third kappa shape index (κ3) is 6.34. The predicted molar refractivity (Wildman–Crippen MR) is 80.3 cm³/mol. The minimum Gasteiger partial charge on any atom is -0.457 e. The van der Waals surface area contributed by atoms with E-state index in [-0.39, 0.29) is 12.1 Å². The number of carbonyl (C=O) groups is 1. The molecule has 1 aromatic carbocycles. The smallest absolute Gasteiger partial charge is 0.331 e. The fraction of sp³-hybridized carbons (Fsp3) is 0.353. The lowest BCUT2D eigenvalue weighted by molar-refractivity contribution is -0.148. The minimum atomic E-state index is -0.494. The molecule has 0 aliphatic heterocycles. The molecule has 0 aliphatic rings. The average Bonchev–Trinajstić information content (AvgIpc) is 2.38. The van der Waals surface area contributed by atoms with Crippen LogP contribution in [0.25, 0.3) is 0 Å². The molecule has 1 rings (SSSR count). The molecular formula is C17H22O3. The molecule has 1 aromatic rings. The Morgan fingerprint density at radius 2 is 1.95 bits per heavy atom. The molecule has 20 heavy (non-hydrogen) atoms. The molecule has 0 saturated carbocycles. The highest BCUT2D eigenvalue weighted by Crippen LogP contribution is 2.19. The highest BCUT2D eigenvalue weighted by molar-refractivity contribution is 5.82. The van der Waals surface area contributed by atoms with Gasteiger partial charge < -0.3 is 9.47 Å². The van der Waals surface area contributed by atoms with Crippen LogP contribution in [-0.2, 0) is 14.3 Å². The van der Waals surface area contributed by atoms with E-state index in [0.29, 0.717) is 6.61 Å². The van der Waals surface area contributed by atoms with Gasteiger partial charge in [0, 0.05) is 6.08 Å². The molecule has 3 nitrogen and oxygen atoms in total. The van der Waals surface area contributed by atoms with E-state index in [2.05, 4.69) is 6.58 Å². The highest BCUT2D eigenvalue weighted by Gasteiger charge is 2.15. The molecular weight excluding hydrogens is 252 g/mol. The van der Waals surface area contributed by atoms with Gasteiger partial charge in [-0.2, -0.15) is 0 Å². The molecule has 0 spiro atoms. The normalized spacial score (nSPS) is 13.2. The average molecular weight is 274 g/mol. The number of rotatable bonds is 6. The van der Waals surface area contributed by atoms with Crippen molar-refractivity contribution >= 4 is 5.97 Å². The Bertz CT molecular complexity index is 455. The lowest BCUT2D eigenvalue weighted by Gasteiger charge is -2.18.